The number of hydrogen-bond acceptors (Lipinski definition) is 2. The van der Waals surface area contributed by atoms with Crippen LogP contribution in [0, 0.1) is 28.1 Å². The first-order valence-electron chi connectivity index (χ1n) is 5.81. The van der Waals surface area contributed by atoms with Crippen molar-refractivity contribution in [2.24, 2.45) is 28.3 Å². The summed E-state index contributed by atoms with van der Waals surface area (Å²) in [7, 11) is 0. The molecule has 3 unspecified atom stereocenters. The largest absolute Gasteiger partial charge is 0.151 e. The highest BCUT2D eigenvalue weighted by atomic mass is 16.3. The summed E-state index contributed by atoms with van der Waals surface area (Å²) < 4.78 is 0. The van der Waals surface area contributed by atoms with E-state index in [1.807, 2.05) is 0 Å². The Morgan fingerprint density at radius 3 is 2.50 bits per heavy atom. The van der Waals surface area contributed by atoms with E-state index in [0.29, 0.717) is 6.54 Å². The average molecular weight is 197 g/mol. The summed E-state index contributed by atoms with van der Waals surface area (Å²) in [5.41, 5.74) is 0.163. The first-order chi connectivity index (χ1) is 6.52. The first kappa shape index (κ1) is 11.7. The van der Waals surface area contributed by atoms with Crippen molar-refractivity contribution in [1.29, 1.82) is 0 Å². The summed E-state index contributed by atoms with van der Waals surface area (Å²) >= 11 is 0. The van der Waals surface area contributed by atoms with Crippen molar-refractivity contribution in [1.82, 2.24) is 0 Å². The van der Waals surface area contributed by atoms with Gasteiger partial charge in [0.25, 0.3) is 0 Å². The van der Waals surface area contributed by atoms with Gasteiger partial charge in [0, 0.05) is 0 Å². The molecule has 3 atom stereocenters. The van der Waals surface area contributed by atoms with Crippen molar-refractivity contribution in [3.63, 3.8) is 0 Å². The van der Waals surface area contributed by atoms with Crippen molar-refractivity contribution in [2.45, 2.75) is 47.0 Å². The van der Waals surface area contributed by atoms with Gasteiger partial charge in [0.15, 0.2) is 0 Å². The predicted octanol–water partition coefficient (Wildman–Crippen LogP) is 3.85. The summed E-state index contributed by atoms with van der Waals surface area (Å²) in [5.74, 6) is 2.58. The van der Waals surface area contributed by atoms with Gasteiger partial charge in [0.1, 0.15) is 0 Å². The van der Waals surface area contributed by atoms with Crippen LogP contribution in [-0.4, -0.2) is 6.54 Å². The SMILES string of the molecule is CCC(C)(CN=O)CC1CC1C(C)C. The maximum Gasteiger partial charge on any atom is 0.0864 e. The molecule has 0 aromatic rings. The lowest BCUT2D eigenvalue weighted by Gasteiger charge is -2.25. The van der Waals surface area contributed by atoms with Gasteiger partial charge in [-0.25, -0.2) is 0 Å². The lowest BCUT2D eigenvalue weighted by molar-refractivity contribution is 0.267. The Morgan fingerprint density at radius 2 is 2.14 bits per heavy atom. The molecule has 0 N–H and O–H groups in total. The van der Waals surface area contributed by atoms with E-state index >= 15 is 0 Å². The van der Waals surface area contributed by atoms with Crippen LogP contribution in [0.3, 0.4) is 0 Å². The fourth-order valence-corrected chi connectivity index (χ4v) is 2.43. The molecule has 2 heteroatoms. The zero-order valence-electron chi connectivity index (χ0n) is 9.92. The lowest BCUT2D eigenvalue weighted by atomic mass is 9.81. The molecule has 1 fully saturated rings. The standard InChI is InChI=1S/C12H23NO/c1-5-12(4,8-13-14)7-10-6-11(10)9(2)3/h9-11H,5-8H2,1-4H3. The third-order valence-corrected chi connectivity index (χ3v) is 3.89. The van der Waals surface area contributed by atoms with Crippen LogP contribution < -0.4 is 0 Å². The van der Waals surface area contributed by atoms with Gasteiger partial charge in [0.2, 0.25) is 0 Å². The minimum atomic E-state index is 0.163. The zero-order chi connectivity index (χ0) is 10.8. The number of rotatable bonds is 6. The highest BCUT2D eigenvalue weighted by molar-refractivity contribution is 4.93. The van der Waals surface area contributed by atoms with Crippen LogP contribution in [0.2, 0.25) is 0 Å². The van der Waals surface area contributed by atoms with Crippen LogP contribution in [-0.2, 0) is 0 Å². The molecule has 0 bridgehead atoms. The molecule has 0 saturated heterocycles. The zero-order valence-corrected chi connectivity index (χ0v) is 9.92. The van der Waals surface area contributed by atoms with Crippen LogP contribution in [0.15, 0.2) is 5.18 Å². The molecule has 0 radical (unpaired) electrons. The number of nitrogens with zero attached hydrogens (tertiary/aromatic N) is 1. The van der Waals surface area contributed by atoms with Crippen LogP contribution in [0.25, 0.3) is 0 Å². The maximum absolute atomic E-state index is 10.3. The Morgan fingerprint density at radius 1 is 1.50 bits per heavy atom. The fourth-order valence-electron chi connectivity index (χ4n) is 2.43. The van der Waals surface area contributed by atoms with E-state index in [-0.39, 0.29) is 5.41 Å². The van der Waals surface area contributed by atoms with E-state index in [9.17, 15) is 4.91 Å². The summed E-state index contributed by atoms with van der Waals surface area (Å²) in [6.45, 7) is 9.45. The molecule has 1 aliphatic carbocycles. The van der Waals surface area contributed by atoms with Crippen molar-refractivity contribution >= 4 is 0 Å². The summed E-state index contributed by atoms with van der Waals surface area (Å²) in [6, 6.07) is 0. The molecule has 0 aromatic heterocycles. The van der Waals surface area contributed by atoms with Gasteiger partial charge in [0.05, 0.1) is 6.54 Å². The van der Waals surface area contributed by atoms with Crippen LogP contribution in [0.4, 0.5) is 0 Å². The molecule has 0 aromatic carbocycles. The van der Waals surface area contributed by atoms with E-state index < -0.39 is 0 Å². The van der Waals surface area contributed by atoms with E-state index in [2.05, 4.69) is 32.9 Å². The molecular weight excluding hydrogens is 174 g/mol. The third kappa shape index (κ3) is 2.79. The molecule has 2 nitrogen and oxygen atoms in total. The molecular formula is C12H23NO. The van der Waals surface area contributed by atoms with E-state index in [1.54, 1.807) is 0 Å². The monoisotopic (exact) mass is 197 g/mol. The Kier molecular flexibility index (Phi) is 3.68. The summed E-state index contributed by atoms with van der Waals surface area (Å²) in [6.07, 6.45) is 3.63. The molecule has 14 heavy (non-hydrogen) atoms. The van der Waals surface area contributed by atoms with Crippen molar-refractivity contribution in [3.05, 3.63) is 4.91 Å². The topological polar surface area (TPSA) is 29.4 Å². The maximum atomic E-state index is 10.3. The Labute approximate surface area is 87.4 Å². The second-order valence-electron chi connectivity index (χ2n) is 5.56. The lowest BCUT2D eigenvalue weighted by Crippen LogP contribution is -2.20. The van der Waals surface area contributed by atoms with Gasteiger partial charge in [-0.2, -0.15) is 4.91 Å². The molecule has 82 valence electrons. The van der Waals surface area contributed by atoms with E-state index in [4.69, 9.17) is 0 Å². The number of hydrogen-bond donors (Lipinski definition) is 0. The van der Waals surface area contributed by atoms with Crippen LogP contribution in [0.1, 0.15) is 47.0 Å². The highest BCUT2D eigenvalue weighted by Crippen LogP contribution is 2.50. The van der Waals surface area contributed by atoms with E-state index in [0.717, 1.165) is 24.2 Å². The van der Waals surface area contributed by atoms with Gasteiger partial charge in [-0.3, -0.25) is 0 Å². The average Bonchev–Trinajstić information content (AvgIpc) is 2.84. The number of nitroso groups, excluding NO2 is 1. The predicted molar refractivity (Wildman–Crippen MR) is 60.1 cm³/mol. The smallest absolute Gasteiger partial charge is 0.0864 e. The minimum absolute atomic E-state index is 0.163. The molecule has 0 aliphatic heterocycles. The fraction of sp³-hybridized carbons (Fsp3) is 1.00. The second-order valence-corrected chi connectivity index (χ2v) is 5.56. The molecule has 1 saturated carbocycles. The van der Waals surface area contributed by atoms with Gasteiger partial charge in [-0.15, -0.1) is 0 Å². The van der Waals surface area contributed by atoms with Gasteiger partial charge in [-0.05, 0) is 42.4 Å². The summed E-state index contributed by atoms with van der Waals surface area (Å²) in [4.78, 5) is 10.3. The quantitative estimate of drug-likeness (QED) is 0.595. The molecule has 0 heterocycles. The van der Waals surface area contributed by atoms with Crippen molar-refractivity contribution in [2.75, 3.05) is 6.54 Å². The Balaban J connectivity index is 2.39. The Hall–Kier alpha value is -0.400. The normalized spacial score (nSPS) is 30.1. The molecule has 1 rings (SSSR count). The first-order valence-corrected chi connectivity index (χ1v) is 5.81. The minimum Gasteiger partial charge on any atom is -0.151 e. The molecule has 1 aliphatic rings. The molecule has 0 spiro atoms. The van der Waals surface area contributed by atoms with Crippen LogP contribution >= 0.6 is 0 Å². The van der Waals surface area contributed by atoms with Crippen molar-refractivity contribution in [3.8, 4) is 0 Å². The van der Waals surface area contributed by atoms with Gasteiger partial charge < -0.3 is 0 Å². The highest BCUT2D eigenvalue weighted by Gasteiger charge is 2.42. The van der Waals surface area contributed by atoms with Crippen molar-refractivity contribution < 1.29 is 0 Å². The molecule has 0 amide bonds. The van der Waals surface area contributed by atoms with E-state index in [1.165, 1.54) is 12.8 Å². The summed E-state index contributed by atoms with van der Waals surface area (Å²) in [5, 5.41) is 3.08. The Bertz CT molecular complexity index is 202. The second kappa shape index (κ2) is 4.41. The van der Waals surface area contributed by atoms with Crippen LogP contribution in [0.5, 0.6) is 0 Å². The third-order valence-electron chi connectivity index (χ3n) is 3.89. The van der Waals surface area contributed by atoms with Gasteiger partial charge in [-0.1, -0.05) is 32.9 Å². The van der Waals surface area contributed by atoms with Gasteiger partial charge >= 0.3 is 0 Å².